The molecule has 104 valence electrons. The van der Waals surface area contributed by atoms with Crippen LogP contribution >= 0.6 is 11.6 Å². The molecule has 0 fully saturated rings. The van der Waals surface area contributed by atoms with Crippen LogP contribution in [0.3, 0.4) is 0 Å². The van der Waals surface area contributed by atoms with Crippen molar-refractivity contribution in [3.05, 3.63) is 70.7 Å². The Morgan fingerprint density at radius 1 is 1.10 bits per heavy atom. The van der Waals surface area contributed by atoms with Crippen LogP contribution in [-0.2, 0) is 16.3 Å². The van der Waals surface area contributed by atoms with Gasteiger partial charge in [-0.2, -0.15) is 0 Å². The first-order valence-corrected chi connectivity index (χ1v) is 6.39. The SMILES string of the molecule is CON(OCc1ccc(Cl)cc1)C(=O)c1ccccc1. The number of amides is 1. The topological polar surface area (TPSA) is 38.8 Å². The van der Waals surface area contributed by atoms with Gasteiger partial charge >= 0.3 is 5.91 Å². The van der Waals surface area contributed by atoms with Gasteiger partial charge in [0, 0.05) is 10.6 Å². The molecule has 0 radical (unpaired) electrons. The van der Waals surface area contributed by atoms with E-state index in [9.17, 15) is 4.79 Å². The first-order chi connectivity index (χ1) is 9.70. The molecule has 0 heterocycles. The molecular formula is C15H14ClNO3. The van der Waals surface area contributed by atoms with Gasteiger partial charge < -0.3 is 0 Å². The van der Waals surface area contributed by atoms with Crippen LogP contribution in [-0.4, -0.2) is 18.2 Å². The lowest BCUT2D eigenvalue weighted by Gasteiger charge is -2.18. The molecule has 4 nitrogen and oxygen atoms in total. The molecule has 0 atom stereocenters. The summed E-state index contributed by atoms with van der Waals surface area (Å²) in [6, 6.07) is 15.9. The second-order valence-electron chi connectivity index (χ2n) is 4.01. The number of halogens is 1. The van der Waals surface area contributed by atoms with Crippen molar-refractivity contribution in [3.63, 3.8) is 0 Å². The summed E-state index contributed by atoms with van der Waals surface area (Å²) in [5.41, 5.74) is 1.38. The van der Waals surface area contributed by atoms with Crippen LogP contribution in [0.4, 0.5) is 0 Å². The molecule has 2 aromatic rings. The van der Waals surface area contributed by atoms with Crippen molar-refractivity contribution in [2.24, 2.45) is 0 Å². The van der Waals surface area contributed by atoms with Gasteiger partial charge in [-0.05, 0) is 29.8 Å². The van der Waals surface area contributed by atoms with Gasteiger partial charge in [0.1, 0.15) is 6.61 Å². The number of carbonyl (C=O) groups excluding carboxylic acids is 1. The van der Waals surface area contributed by atoms with Crippen molar-refractivity contribution < 1.29 is 14.5 Å². The number of hydrogen-bond acceptors (Lipinski definition) is 3. The highest BCUT2D eigenvalue weighted by atomic mass is 35.5. The van der Waals surface area contributed by atoms with Crippen molar-refractivity contribution in [2.45, 2.75) is 6.61 Å². The third-order valence-electron chi connectivity index (χ3n) is 2.61. The van der Waals surface area contributed by atoms with Crippen LogP contribution in [0.15, 0.2) is 54.6 Å². The first kappa shape index (κ1) is 14.5. The van der Waals surface area contributed by atoms with Crippen molar-refractivity contribution in [1.29, 1.82) is 0 Å². The van der Waals surface area contributed by atoms with E-state index >= 15 is 0 Å². The fraction of sp³-hybridized carbons (Fsp3) is 0.133. The molecule has 20 heavy (non-hydrogen) atoms. The minimum atomic E-state index is -0.359. The summed E-state index contributed by atoms with van der Waals surface area (Å²) in [4.78, 5) is 22.4. The lowest BCUT2D eigenvalue weighted by Crippen LogP contribution is -2.30. The minimum Gasteiger partial charge on any atom is -0.264 e. The quantitative estimate of drug-likeness (QED) is 0.792. The van der Waals surface area contributed by atoms with Gasteiger partial charge in [-0.15, -0.1) is 0 Å². The predicted octanol–water partition coefficient (Wildman–Crippen LogP) is 3.48. The van der Waals surface area contributed by atoms with E-state index in [1.54, 1.807) is 36.4 Å². The van der Waals surface area contributed by atoms with E-state index < -0.39 is 0 Å². The normalized spacial score (nSPS) is 10.3. The molecule has 0 unspecified atom stereocenters. The second-order valence-corrected chi connectivity index (χ2v) is 4.45. The molecule has 0 aliphatic carbocycles. The van der Waals surface area contributed by atoms with Gasteiger partial charge in [0.25, 0.3) is 0 Å². The number of rotatable bonds is 5. The van der Waals surface area contributed by atoms with Crippen LogP contribution in [0.5, 0.6) is 0 Å². The highest BCUT2D eigenvalue weighted by Crippen LogP contribution is 2.12. The summed E-state index contributed by atoms with van der Waals surface area (Å²) >= 11 is 5.80. The number of hydroxylamine groups is 2. The molecule has 5 heteroatoms. The molecule has 0 saturated heterocycles. The summed E-state index contributed by atoms with van der Waals surface area (Å²) in [6.45, 7) is 0.212. The Morgan fingerprint density at radius 3 is 2.35 bits per heavy atom. The maximum atomic E-state index is 12.1. The zero-order valence-electron chi connectivity index (χ0n) is 11.0. The molecule has 0 aliphatic heterocycles. The average molecular weight is 292 g/mol. The standard InChI is InChI=1S/C15H14ClNO3/c1-19-17(15(18)13-5-3-2-4-6-13)20-11-12-7-9-14(16)10-8-12/h2-10H,11H2,1H3. The number of carbonyl (C=O) groups is 1. The van der Waals surface area contributed by atoms with Crippen LogP contribution in [0.25, 0.3) is 0 Å². The fourth-order valence-corrected chi connectivity index (χ4v) is 1.72. The van der Waals surface area contributed by atoms with E-state index in [4.69, 9.17) is 21.3 Å². The second kappa shape index (κ2) is 7.05. The average Bonchev–Trinajstić information content (AvgIpc) is 2.50. The van der Waals surface area contributed by atoms with Gasteiger partial charge in [0.05, 0.1) is 7.11 Å². The molecule has 0 bridgehead atoms. The van der Waals surface area contributed by atoms with Crippen molar-refractivity contribution in [1.82, 2.24) is 5.23 Å². The fourth-order valence-electron chi connectivity index (χ4n) is 1.59. The van der Waals surface area contributed by atoms with Crippen molar-refractivity contribution in [3.8, 4) is 0 Å². The maximum Gasteiger partial charge on any atom is 0.303 e. The Morgan fingerprint density at radius 2 is 1.75 bits per heavy atom. The highest BCUT2D eigenvalue weighted by Gasteiger charge is 2.16. The minimum absolute atomic E-state index is 0.212. The first-order valence-electron chi connectivity index (χ1n) is 6.01. The molecular weight excluding hydrogens is 278 g/mol. The van der Waals surface area contributed by atoms with Crippen LogP contribution in [0, 0.1) is 0 Å². The molecule has 0 aliphatic rings. The van der Waals surface area contributed by atoms with Gasteiger partial charge in [-0.1, -0.05) is 47.2 Å². The Kier molecular flexibility index (Phi) is 5.12. The Bertz CT molecular complexity index is 557. The molecule has 0 N–H and O–H groups in total. The number of nitrogens with zero attached hydrogens (tertiary/aromatic N) is 1. The summed E-state index contributed by atoms with van der Waals surface area (Å²) in [5.74, 6) is -0.359. The van der Waals surface area contributed by atoms with Gasteiger partial charge in [-0.25, -0.2) is 9.68 Å². The molecule has 2 aromatic carbocycles. The Balaban J connectivity index is 1.99. The summed E-state index contributed by atoms with van der Waals surface area (Å²) < 4.78 is 0. The van der Waals surface area contributed by atoms with E-state index in [-0.39, 0.29) is 12.5 Å². The van der Waals surface area contributed by atoms with Crippen LogP contribution in [0.2, 0.25) is 5.02 Å². The summed E-state index contributed by atoms with van der Waals surface area (Å²) in [6.07, 6.45) is 0. The highest BCUT2D eigenvalue weighted by molar-refractivity contribution is 6.30. The van der Waals surface area contributed by atoms with E-state index in [1.807, 2.05) is 18.2 Å². The van der Waals surface area contributed by atoms with E-state index in [0.717, 1.165) is 10.8 Å². The summed E-state index contributed by atoms with van der Waals surface area (Å²) in [7, 11) is 1.38. The van der Waals surface area contributed by atoms with Crippen LogP contribution < -0.4 is 0 Å². The lowest BCUT2D eigenvalue weighted by atomic mass is 10.2. The predicted molar refractivity (Wildman–Crippen MR) is 75.9 cm³/mol. The Hall–Kier alpha value is -1.88. The number of hydrogen-bond donors (Lipinski definition) is 0. The molecule has 0 saturated carbocycles. The number of benzene rings is 2. The molecule has 1 amide bonds. The zero-order valence-corrected chi connectivity index (χ0v) is 11.7. The monoisotopic (exact) mass is 291 g/mol. The van der Waals surface area contributed by atoms with Gasteiger partial charge in [0.2, 0.25) is 0 Å². The lowest BCUT2D eigenvalue weighted by molar-refractivity contribution is -0.320. The van der Waals surface area contributed by atoms with Gasteiger partial charge in [0.15, 0.2) is 0 Å². The maximum absolute atomic E-state index is 12.1. The van der Waals surface area contributed by atoms with Crippen molar-refractivity contribution in [2.75, 3.05) is 7.11 Å². The molecule has 2 rings (SSSR count). The van der Waals surface area contributed by atoms with E-state index in [1.165, 1.54) is 7.11 Å². The van der Waals surface area contributed by atoms with E-state index in [0.29, 0.717) is 10.6 Å². The molecule has 0 aromatic heterocycles. The van der Waals surface area contributed by atoms with E-state index in [2.05, 4.69) is 0 Å². The third kappa shape index (κ3) is 3.81. The van der Waals surface area contributed by atoms with Crippen LogP contribution in [0.1, 0.15) is 15.9 Å². The Labute approximate surface area is 122 Å². The third-order valence-corrected chi connectivity index (χ3v) is 2.87. The van der Waals surface area contributed by atoms with Gasteiger partial charge in [-0.3, -0.25) is 4.79 Å². The molecule has 0 spiro atoms. The largest absolute Gasteiger partial charge is 0.303 e. The smallest absolute Gasteiger partial charge is 0.264 e. The summed E-state index contributed by atoms with van der Waals surface area (Å²) in [5, 5.41) is 1.52. The van der Waals surface area contributed by atoms with Crippen molar-refractivity contribution >= 4 is 17.5 Å². The zero-order chi connectivity index (χ0) is 14.4.